The average molecular weight is 289 g/mol. The summed E-state index contributed by atoms with van der Waals surface area (Å²) >= 11 is 0. The number of benzene rings is 1. The monoisotopic (exact) mass is 289 g/mol. The fourth-order valence-corrected chi connectivity index (χ4v) is 3.22. The Morgan fingerprint density at radius 3 is 2.67 bits per heavy atom. The first-order valence-electron chi connectivity index (χ1n) is 7.81. The summed E-state index contributed by atoms with van der Waals surface area (Å²) in [6.45, 7) is 4.18. The predicted molar refractivity (Wildman–Crippen MR) is 79.8 cm³/mol. The lowest BCUT2D eigenvalue weighted by atomic mass is 9.95. The summed E-state index contributed by atoms with van der Waals surface area (Å²) in [7, 11) is 0. The van der Waals surface area contributed by atoms with Gasteiger partial charge in [0.25, 0.3) is 0 Å². The van der Waals surface area contributed by atoms with Gasteiger partial charge < -0.3 is 14.8 Å². The quantitative estimate of drug-likeness (QED) is 0.925. The number of carbonyl (C=O) groups is 1. The van der Waals surface area contributed by atoms with E-state index < -0.39 is 0 Å². The van der Waals surface area contributed by atoms with E-state index in [0.717, 1.165) is 19.4 Å². The number of rotatable bonds is 4. The van der Waals surface area contributed by atoms with Crippen LogP contribution in [0.25, 0.3) is 0 Å². The third-order valence-electron chi connectivity index (χ3n) is 4.53. The Morgan fingerprint density at radius 2 is 1.95 bits per heavy atom. The maximum absolute atomic E-state index is 12.2. The van der Waals surface area contributed by atoms with Gasteiger partial charge in [0.2, 0.25) is 5.91 Å². The third kappa shape index (κ3) is 3.27. The lowest BCUT2D eigenvalue weighted by Gasteiger charge is -2.21. The van der Waals surface area contributed by atoms with E-state index in [9.17, 15) is 4.79 Å². The maximum Gasteiger partial charge on any atom is 0.249 e. The van der Waals surface area contributed by atoms with Crippen molar-refractivity contribution in [3.05, 3.63) is 35.9 Å². The van der Waals surface area contributed by atoms with Crippen molar-refractivity contribution in [3.63, 3.8) is 0 Å². The average Bonchev–Trinajstić information content (AvgIpc) is 3.14. The van der Waals surface area contributed by atoms with Crippen LogP contribution in [0.2, 0.25) is 0 Å². The van der Waals surface area contributed by atoms with Gasteiger partial charge in [-0.15, -0.1) is 0 Å². The zero-order valence-electron chi connectivity index (χ0n) is 12.5. The molecule has 4 heteroatoms. The van der Waals surface area contributed by atoms with Gasteiger partial charge in [-0.1, -0.05) is 37.3 Å². The van der Waals surface area contributed by atoms with Gasteiger partial charge in [-0.25, -0.2) is 0 Å². The van der Waals surface area contributed by atoms with E-state index in [1.165, 1.54) is 5.56 Å². The van der Waals surface area contributed by atoms with Crippen molar-refractivity contribution in [3.8, 4) is 0 Å². The van der Waals surface area contributed by atoms with E-state index in [2.05, 4.69) is 24.4 Å². The van der Waals surface area contributed by atoms with Crippen molar-refractivity contribution < 1.29 is 14.3 Å². The van der Waals surface area contributed by atoms with Gasteiger partial charge in [0, 0.05) is 25.7 Å². The molecule has 0 saturated carbocycles. The van der Waals surface area contributed by atoms with Gasteiger partial charge in [-0.05, 0) is 24.3 Å². The SMILES string of the molecule is CC1CCOC1C(=O)NC[C@H]1CCO[C@@H]1c1ccccc1. The molecule has 114 valence electrons. The highest BCUT2D eigenvalue weighted by atomic mass is 16.5. The number of nitrogens with one attached hydrogen (secondary N) is 1. The lowest BCUT2D eigenvalue weighted by Crippen LogP contribution is -2.40. The molecule has 1 aromatic rings. The number of hydrogen-bond acceptors (Lipinski definition) is 3. The summed E-state index contributed by atoms with van der Waals surface area (Å²) in [5, 5.41) is 3.05. The molecule has 2 saturated heterocycles. The van der Waals surface area contributed by atoms with Crippen molar-refractivity contribution in [2.24, 2.45) is 11.8 Å². The minimum atomic E-state index is -0.275. The topological polar surface area (TPSA) is 47.6 Å². The minimum absolute atomic E-state index is 0.0266. The minimum Gasteiger partial charge on any atom is -0.373 e. The Morgan fingerprint density at radius 1 is 1.19 bits per heavy atom. The van der Waals surface area contributed by atoms with Crippen LogP contribution in [0.4, 0.5) is 0 Å². The van der Waals surface area contributed by atoms with E-state index in [1.807, 2.05) is 18.2 Å². The van der Waals surface area contributed by atoms with Crippen molar-refractivity contribution in [2.45, 2.75) is 32.0 Å². The molecule has 2 aliphatic rings. The molecule has 3 rings (SSSR count). The second-order valence-electron chi connectivity index (χ2n) is 6.05. The van der Waals surface area contributed by atoms with Gasteiger partial charge >= 0.3 is 0 Å². The van der Waals surface area contributed by atoms with Crippen LogP contribution < -0.4 is 5.32 Å². The fraction of sp³-hybridized carbons (Fsp3) is 0.588. The van der Waals surface area contributed by atoms with Crippen LogP contribution in [0, 0.1) is 11.8 Å². The summed E-state index contributed by atoms with van der Waals surface area (Å²) in [5.74, 6) is 0.682. The fourth-order valence-electron chi connectivity index (χ4n) is 3.22. The molecule has 1 aromatic carbocycles. The summed E-state index contributed by atoms with van der Waals surface area (Å²) in [6.07, 6.45) is 1.77. The molecule has 2 aliphatic heterocycles. The Balaban J connectivity index is 1.56. The van der Waals surface area contributed by atoms with Crippen molar-refractivity contribution in [2.75, 3.05) is 19.8 Å². The van der Waals surface area contributed by atoms with E-state index in [1.54, 1.807) is 0 Å². The molecule has 1 N–H and O–H groups in total. The molecule has 2 unspecified atom stereocenters. The molecule has 0 bridgehead atoms. The standard InChI is InChI=1S/C17H23NO3/c1-12-7-9-20-15(12)17(19)18-11-14-8-10-21-16(14)13-5-3-2-4-6-13/h2-6,12,14-16H,7-11H2,1H3,(H,18,19)/t12?,14-,15?,16-/m1/s1. The number of amides is 1. The highest BCUT2D eigenvalue weighted by molar-refractivity contribution is 5.81. The van der Waals surface area contributed by atoms with Gasteiger partial charge in [-0.3, -0.25) is 4.79 Å². The smallest absolute Gasteiger partial charge is 0.249 e. The van der Waals surface area contributed by atoms with Crippen LogP contribution >= 0.6 is 0 Å². The van der Waals surface area contributed by atoms with Crippen molar-refractivity contribution in [1.82, 2.24) is 5.32 Å². The Bertz CT molecular complexity index is 476. The number of carbonyl (C=O) groups excluding carboxylic acids is 1. The second kappa shape index (κ2) is 6.58. The summed E-state index contributed by atoms with van der Waals surface area (Å²) < 4.78 is 11.4. The zero-order valence-corrected chi connectivity index (χ0v) is 12.5. The Kier molecular flexibility index (Phi) is 4.56. The second-order valence-corrected chi connectivity index (χ2v) is 6.05. The van der Waals surface area contributed by atoms with Crippen LogP contribution in [0.5, 0.6) is 0 Å². The molecule has 2 fully saturated rings. The van der Waals surface area contributed by atoms with Crippen LogP contribution in [0.3, 0.4) is 0 Å². The largest absolute Gasteiger partial charge is 0.373 e. The van der Waals surface area contributed by atoms with Gasteiger partial charge in [0.05, 0.1) is 6.10 Å². The molecule has 4 nitrogen and oxygen atoms in total. The van der Waals surface area contributed by atoms with Gasteiger partial charge in [-0.2, -0.15) is 0 Å². The van der Waals surface area contributed by atoms with Crippen LogP contribution in [-0.4, -0.2) is 31.8 Å². The van der Waals surface area contributed by atoms with Crippen LogP contribution in [0.15, 0.2) is 30.3 Å². The molecular formula is C17H23NO3. The maximum atomic E-state index is 12.2. The Hall–Kier alpha value is -1.39. The molecule has 21 heavy (non-hydrogen) atoms. The van der Waals surface area contributed by atoms with E-state index >= 15 is 0 Å². The lowest BCUT2D eigenvalue weighted by molar-refractivity contribution is -0.131. The zero-order chi connectivity index (χ0) is 14.7. The van der Waals surface area contributed by atoms with E-state index in [4.69, 9.17) is 9.47 Å². The molecule has 2 heterocycles. The number of ether oxygens (including phenoxy) is 2. The summed E-state index contributed by atoms with van der Waals surface area (Å²) in [4.78, 5) is 12.2. The first-order valence-corrected chi connectivity index (χ1v) is 7.81. The van der Waals surface area contributed by atoms with Gasteiger partial charge in [0.15, 0.2) is 0 Å². The number of hydrogen-bond donors (Lipinski definition) is 1. The normalized spacial score (nSPS) is 32.2. The van der Waals surface area contributed by atoms with Crippen molar-refractivity contribution >= 4 is 5.91 Å². The molecule has 0 aromatic heterocycles. The summed E-state index contributed by atoms with van der Waals surface area (Å²) in [5.41, 5.74) is 1.19. The highest BCUT2D eigenvalue weighted by Gasteiger charge is 2.33. The summed E-state index contributed by atoms with van der Waals surface area (Å²) in [6, 6.07) is 10.2. The molecule has 1 amide bonds. The molecule has 0 aliphatic carbocycles. The Labute approximate surface area is 125 Å². The first-order chi connectivity index (χ1) is 10.3. The molecule has 4 atom stereocenters. The van der Waals surface area contributed by atoms with Crippen molar-refractivity contribution in [1.29, 1.82) is 0 Å². The highest BCUT2D eigenvalue weighted by Crippen LogP contribution is 2.34. The molecule has 0 spiro atoms. The first kappa shape index (κ1) is 14.5. The third-order valence-corrected chi connectivity index (χ3v) is 4.53. The van der Waals surface area contributed by atoms with E-state index in [0.29, 0.717) is 25.0 Å². The molecular weight excluding hydrogens is 266 g/mol. The van der Waals surface area contributed by atoms with Gasteiger partial charge in [0.1, 0.15) is 6.10 Å². The van der Waals surface area contributed by atoms with Crippen LogP contribution in [0.1, 0.15) is 31.4 Å². The van der Waals surface area contributed by atoms with Crippen LogP contribution in [-0.2, 0) is 14.3 Å². The predicted octanol–water partition coefficient (Wildman–Crippen LogP) is 2.31. The molecule has 0 radical (unpaired) electrons. The van der Waals surface area contributed by atoms with E-state index in [-0.39, 0.29) is 18.1 Å².